The molecule has 0 aromatic carbocycles. The van der Waals surface area contributed by atoms with E-state index in [-0.39, 0.29) is 0 Å². The molecule has 72 valence electrons. The predicted molar refractivity (Wildman–Crippen MR) is 55.1 cm³/mol. The van der Waals surface area contributed by atoms with Crippen molar-refractivity contribution in [3.8, 4) is 6.07 Å². The Labute approximate surface area is 81.5 Å². The van der Waals surface area contributed by atoms with Gasteiger partial charge in [0.05, 0.1) is 6.07 Å². The van der Waals surface area contributed by atoms with Gasteiger partial charge in [-0.05, 0) is 30.6 Å². The molecular weight excluding hydrogens is 158 g/mol. The predicted octanol–water partition coefficient (Wildman–Crippen LogP) is 3.67. The van der Waals surface area contributed by atoms with E-state index in [4.69, 9.17) is 5.26 Å². The van der Waals surface area contributed by atoms with Crippen LogP contribution < -0.4 is 0 Å². The van der Waals surface area contributed by atoms with Crippen LogP contribution in [0.15, 0.2) is 12.7 Å². The maximum atomic E-state index is 8.74. The molecule has 0 aromatic heterocycles. The zero-order chi connectivity index (χ0) is 9.73. The molecule has 0 spiro atoms. The van der Waals surface area contributed by atoms with Crippen LogP contribution in [0.5, 0.6) is 0 Å². The van der Waals surface area contributed by atoms with E-state index in [0.29, 0.717) is 11.3 Å². The highest BCUT2D eigenvalue weighted by Crippen LogP contribution is 2.45. The fourth-order valence-corrected chi connectivity index (χ4v) is 2.53. The standard InChI is InChI=1S/C12H19N/c1-3-8-12(2)9-5-4-6-11(12)7-10-13/h3,11H,1,4-9H2,2H3/t11-,12-/m0/s1. The van der Waals surface area contributed by atoms with Crippen LogP contribution in [0, 0.1) is 22.7 Å². The van der Waals surface area contributed by atoms with Crippen molar-refractivity contribution in [2.45, 2.75) is 45.4 Å². The largest absolute Gasteiger partial charge is 0.198 e. The topological polar surface area (TPSA) is 23.8 Å². The van der Waals surface area contributed by atoms with Crippen LogP contribution in [-0.4, -0.2) is 0 Å². The molecule has 1 saturated carbocycles. The van der Waals surface area contributed by atoms with Gasteiger partial charge in [-0.1, -0.05) is 25.8 Å². The average molecular weight is 177 g/mol. The highest BCUT2D eigenvalue weighted by atomic mass is 14.4. The summed E-state index contributed by atoms with van der Waals surface area (Å²) in [5.41, 5.74) is 0.357. The fraction of sp³-hybridized carbons (Fsp3) is 0.750. The minimum absolute atomic E-state index is 0.357. The summed E-state index contributed by atoms with van der Waals surface area (Å²) in [7, 11) is 0. The Morgan fingerprint density at radius 1 is 1.62 bits per heavy atom. The Morgan fingerprint density at radius 2 is 2.38 bits per heavy atom. The molecule has 0 radical (unpaired) electrons. The summed E-state index contributed by atoms with van der Waals surface area (Å²) in [6.45, 7) is 6.13. The smallest absolute Gasteiger partial charge is 0.0624 e. The first kappa shape index (κ1) is 10.3. The van der Waals surface area contributed by atoms with Crippen LogP contribution in [0.25, 0.3) is 0 Å². The van der Waals surface area contributed by atoms with Crippen LogP contribution in [0.4, 0.5) is 0 Å². The van der Waals surface area contributed by atoms with Crippen molar-refractivity contribution in [3.63, 3.8) is 0 Å². The molecule has 1 nitrogen and oxygen atoms in total. The van der Waals surface area contributed by atoms with Gasteiger partial charge in [-0.2, -0.15) is 5.26 Å². The highest BCUT2D eigenvalue weighted by molar-refractivity contribution is 4.94. The third-order valence-electron chi connectivity index (χ3n) is 3.48. The quantitative estimate of drug-likeness (QED) is 0.603. The maximum Gasteiger partial charge on any atom is 0.0624 e. The third kappa shape index (κ3) is 2.34. The second-order valence-corrected chi connectivity index (χ2v) is 4.45. The highest BCUT2D eigenvalue weighted by Gasteiger charge is 2.34. The van der Waals surface area contributed by atoms with Crippen LogP contribution >= 0.6 is 0 Å². The van der Waals surface area contributed by atoms with Crippen LogP contribution in [0.1, 0.15) is 45.4 Å². The van der Waals surface area contributed by atoms with E-state index in [1.807, 2.05) is 6.08 Å². The Morgan fingerprint density at radius 3 is 3.00 bits per heavy atom. The van der Waals surface area contributed by atoms with E-state index in [1.165, 1.54) is 25.7 Å². The molecular formula is C12H19N. The van der Waals surface area contributed by atoms with E-state index < -0.39 is 0 Å². The third-order valence-corrected chi connectivity index (χ3v) is 3.48. The Balaban J connectivity index is 2.65. The Hall–Kier alpha value is -0.770. The molecule has 2 atom stereocenters. The SMILES string of the molecule is C=CC[C@@]1(C)CCCC[C@H]1CC#N. The van der Waals surface area contributed by atoms with Crippen molar-refractivity contribution in [1.29, 1.82) is 5.26 Å². The Kier molecular flexibility index (Phi) is 3.54. The van der Waals surface area contributed by atoms with Crippen LogP contribution in [0.3, 0.4) is 0 Å². The van der Waals surface area contributed by atoms with Crippen molar-refractivity contribution in [2.24, 2.45) is 11.3 Å². The van der Waals surface area contributed by atoms with Crippen molar-refractivity contribution < 1.29 is 0 Å². The molecule has 1 rings (SSSR count). The van der Waals surface area contributed by atoms with Gasteiger partial charge >= 0.3 is 0 Å². The van der Waals surface area contributed by atoms with Gasteiger partial charge in [0.2, 0.25) is 0 Å². The summed E-state index contributed by atoms with van der Waals surface area (Å²) < 4.78 is 0. The van der Waals surface area contributed by atoms with Gasteiger partial charge in [-0.3, -0.25) is 0 Å². The van der Waals surface area contributed by atoms with Gasteiger partial charge in [0.25, 0.3) is 0 Å². The number of nitriles is 1. The van der Waals surface area contributed by atoms with Crippen molar-refractivity contribution in [1.82, 2.24) is 0 Å². The second-order valence-electron chi connectivity index (χ2n) is 4.45. The summed E-state index contributed by atoms with van der Waals surface area (Å²) in [5, 5.41) is 8.74. The zero-order valence-corrected chi connectivity index (χ0v) is 8.55. The van der Waals surface area contributed by atoms with Crippen molar-refractivity contribution in [3.05, 3.63) is 12.7 Å². The first-order chi connectivity index (χ1) is 6.23. The summed E-state index contributed by atoms with van der Waals surface area (Å²) in [5.74, 6) is 0.601. The second kappa shape index (κ2) is 4.46. The average Bonchev–Trinajstić information content (AvgIpc) is 2.10. The number of allylic oxidation sites excluding steroid dienone is 1. The van der Waals surface area contributed by atoms with Crippen molar-refractivity contribution in [2.75, 3.05) is 0 Å². The van der Waals surface area contributed by atoms with Gasteiger partial charge in [0.1, 0.15) is 0 Å². The molecule has 0 amide bonds. The molecule has 0 unspecified atom stereocenters. The number of rotatable bonds is 3. The summed E-state index contributed by atoms with van der Waals surface area (Å²) >= 11 is 0. The lowest BCUT2D eigenvalue weighted by Gasteiger charge is -2.40. The summed E-state index contributed by atoms with van der Waals surface area (Å²) in [6, 6.07) is 2.32. The van der Waals surface area contributed by atoms with Gasteiger partial charge in [0, 0.05) is 6.42 Å². The molecule has 1 heteroatoms. The monoisotopic (exact) mass is 177 g/mol. The molecule has 0 N–H and O–H groups in total. The van der Waals surface area contributed by atoms with Crippen LogP contribution in [0.2, 0.25) is 0 Å². The molecule has 1 aliphatic carbocycles. The van der Waals surface area contributed by atoms with Gasteiger partial charge in [-0.25, -0.2) is 0 Å². The lowest BCUT2D eigenvalue weighted by molar-refractivity contribution is 0.122. The van der Waals surface area contributed by atoms with Gasteiger partial charge < -0.3 is 0 Å². The minimum Gasteiger partial charge on any atom is -0.198 e. The van der Waals surface area contributed by atoms with E-state index >= 15 is 0 Å². The summed E-state index contributed by atoms with van der Waals surface area (Å²) in [6.07, 6.45) is 8.94. The summed E-state index contributed by atoms with van der Waals surface area (Å²) in [4.78, 5) is 0. The minimum atomic E-state index is 0.357. The number of hydrogen-bond donors (Lipinski definition) is 0. The molecule has 1 aliphatic rings. The molecule has 1 fully saturated rings. The first-order valence-electron chi connectivity index (χ1n) is 5.21. The molecule has 0 saturated heterocycles. The van der Waals surface area contributed by atoms with E-state index in [1.54, 1.807) is 0 Å². The van der Waals surface area contributed by atoms with E-state index in [9.17, 15) is 0 Å². The lowest BCUT2D eigenvalue weighted by atomic mass is 9.65. The first-order valence-corrected chi connectivity index (χ1v) is 5.21. The normalized spacial score (nSPS) is 33.7. The van der Waals surface area contributed by atoms with Crippen LogP contribution in [-0.2, 0) is 0 Å². The zero-order valence-electron chi connectivity index (χ0n) is 8.55. The molecule has 0 heterocycles. The Bertz CT molecular complexity index is 214. The number of nitrogens with zero attached hydrogens (tertiary/aromatic N) is 1. The van der Waals surface area contributed by atoms with Gasteiger partial charge in [0.15, 0.2) is 0 Å². The molecule has 13 heavy (non-hydrogen) atoms. The maximum absolute atomic E-state index is 8.74. The van der Waals surface area contributed by atoms with E-state index in [0.717, 1.165) is 12.8 Å². The van der Waals surface area contributed by atoms with Crippen molar-refractivity contribution >= 4 is 0 Å². The molecule has 0 aromatic rings. The molecule has 0 aliphatic heterocycles. The lowest BCUT2D eigenvalue weighted by Crippen LogP contribution is -2.30. The van der Waals surface area contributed by atoms with E-state index in [2.05, 4.69) is 19.6 Å². The number of hydrogen-bond acceptors (Lipinski definition) is 1. The molecule has 0 bridgehead atoms. The van der Waals surface area contributed by atoms with Gasteiger partial charge in [-0.15, -0.1) is 6.58 Å². The fourth-order valence-electron chi connectivity index (χ4n) is 2.53.